The third-order valence-corrected chi connectivity index (χ3v) is 5.80. The van der Waals surface area contributed by atoms with Crippen LogP contribution in [0.1, 0.15) is 22.3 Å². The van der Waals surface area contributed by atoms with E-state index >= 15 is 0 Å². The highest BCUT2D eigenvalue weighted by molar-refractivity contribution is 7.13. The predicted molar refractivity (Wildman–Crippen MR) is 107 cm³/mol. The number of hydrogen-bond donors (Lipinski definition) is 1. The van der Waals surface area contributed by atoms with Crippen LogP contribution in [0.15, 0.2) is 66.0 Å². The lowest BCUT2D eigenvalue weighted by molar-refractivity contribution is 0.0937. The van der Waals surface area contributed by atoms with E-state index in [2.05, 4.69) is 16.3 Å². The Bertz CT molecular complexity index is 891. The van der Waals surface area contributed by atoms with Crippen LogP contribution < -0.4 is 5.32 Å². The van der Waals surface area contributed by atoms with Crippen molar-refractivity contribution in [3.63, 3.8) is 0 Å². The van der Waals surface area contributed by atoms with Crippen molar-refractivity contribution in [3.05, 3.63) is 83.0 Å². The van der Waals surface area contributed by atoms with Gasteiger partial charge in [-0.1, -0.05) is 30.3 Å². The number of thiophene rings is 1. The summed E-state index contributed by atoms with van der Waals surface area (Å²) in [6.45, 7) is 2.53. The lowest BCUT2D eigenvalue weighted by Gasteiger charge is -2.17. The number of likely N-dealkylation sites (tertiary alicyclic amines) is 1. The van der Waals surface area contributed by atoms with Crippen molar-refractivity contribution in [1.82, 2.24) is 10.2 Å². The van der Waals surface area contributed by atoms with Gasteiger partial charge in [0.05, 0.1) is 0 Å². The fourth-order valence-corrected chi connectivity index (χ4v) is 4.17. The van der Waals surface area contributed by atoms with E-state index in [0.717, 1.165) is 37.2 Å². The van der Waals surface area contributed by atoms with Gasteiger partial charge in [-0.3, -0.25) is 9.69 Å². The van der Waals surface area contributed by atoms with Crippen LogP contribution in [0, 0.1) is 5.82 Å². The standard InChI is InChI=1S/C22H21FN2OS/c23-19-9-3-16(4-10-19)14-25-12-11-20(15-25)24-22(26)18-7-5-17(6-8-18)21-2-1-13-27-21/h1-10,13,20H,11-12,14-15H2,(H,24,26)/t20-/m0/s1. The minimum atomic E-state index is -0.213. The zero-order valence-electron chi connectivity index (χ0n) is 14.9. The van der Waals surface area contributed by atoms with Crippen molar-refractivity contribution < 1.29 is 9.18 Å². The minimum absolute atomic E-state index is 0.0265. The lowest BCUT2D eigenvalue weighted by atomic mass is 10.1. The van der Waals surface area contributed by atoms with Crippen molar-refractivity contribution >= 4 is 17.2 Å². The SMILES string of the molecule is O=C(N[C@H]1CCN(Cc2ccc(F)cc2)C1)c1ccc(-c2cccs2)cc1. The van der Waals surface area contributed by atoms with Gasteiger partial charge in [-0.25, -0.2) is 4.39 Å². The molecule has 1 aliphatic heterocycles. The van der Waals surface area contributed by atoms with E-state index in [1.807, 2.05) is 47.8 Å². The Kier molecular flexibility index (Phi) is 5.32. The number of amides is 1. The zero-order chi connectivity index (χ0) is 18.6. The molecule has 1 N–H and O–H groups in total. The van der Waals surface area contributed by atoms with Crippen LogP contribution in [-0.4, -0.2) is 29.9 Å². The zero-order valence-corrected chi connectivity index (χ0v) is 15.7. The topological polar surface area (TPSA) is 32.3 Å². The van der Waals surface area contributed by atoms with Crippen molar-refractivity contribution in [2.24, 2.45) is 0 Å². The van der Waals surface area contributed by atoms with Gasteiger partial charge in [0, 0.05) is 36.1 Å². The number of carbonyl (C=O) groups is 1. The first-order valence-electron chi connectivity index (χ1n) is 9.09. The summed E-state index contributed by atoms with van der Waals surface area (Å²) in [5, 5.41) is 5.19. The van der Waals surface area contributed by atoms with Gasteiger partial charge < -0.3 is 5.32 Å². The molecule has 1 amide bonds. The fourth-order valence-electron chi connectivity index (χ4n) is 3.44. The summed E-state index contributed by atoms with van der Waals surface area (Å²) in [6.07, 6.45) is 0.931. The molecule has 1 saturated heterocycles. The van der Waals surface area contributed by atoms with Gasteiger partial charge >= 0.3 is 0 Å². The molecule has 3 nitrogen and oxygen atoms in total. The van der Waals surface area contributed by atoms with Crippen LogP contribution in [0.5, 0.6) is 0 Å². The first-order chi connectivity index (χ1) is 13.2. The Labute approximate surface area is 162 Å². The molecule has 1 atom stereocenters. The van der Waals surface area contributed by atoms with E-state index < -0.39 is 0 Å². The maximum absolute atomic E-state index is 13.0. The predicted octanol–water partition coefficient (Wildman–Crippen LogP) is 4.56. The second-order valence-corrected chi connectivity index (χ2v) is 7.82. The van der Waals surface area contributed by atoms with E-state index in [1.165, 1.54) is 17.0 Å². The maximum atomic E-state index is 13.0. The fraction of sp³-hybridized carbons (Fsp3) is 0.227. The minimum Gasteiger partial charge on any atom is -0.348 e. The largest absolute Gasteiger partial charge is 0.348 e. The number of benzene rings is 2. The van der Waals surface area contributed by atoms with Gasteiger partial charge in [0.15, 0.2) is 0 Å². The molecule has 3 aromatic rings. The summed E-state index contributed by atoms with van der Waals surface area (Å²) in [5.74, 6) is -0.239. The second kappa shape index (κ2) is 8.03. The highest BCUT2D eigenvalue weighted by Crippen LogP contribution is 2.24. The third-order valence-electron chi connectivity index (χ3n) is 4.88. The van der Waals surface area contributed by atoms with Crippen LogP contribution in [0.3, 0.4) is 0 Å². The molecule has 27 heavy (non-hydrogen) atoms. The van der Waals surface area contributed by atoms with Crippen LogP contribution in [0.2, 0.25) is 0 Å². The summed E-state index contributed by atoms with van der Waals surface area (Å²) in [4.78, 5) is 16.0. The van der Waals surface area contributed by atoms with E-state index in [9.17, 15) is 9.18 Å². The Morgan fingerprint density at radius 3 is 2.59 bits per heavy atom. The first-order valence-corrected chi connectivity index (χ1v) is 9.97. The molecular weight excluding hydrogens is 359 g/mol. The van der Waals surface area contributed by atoms with E-state index in [-0.39, 0.29) is 17.8 Å². The van der Waals surface area contributed by atoms with E-state index in [1.54, 1.807) is 11.3 Å². The molecule has 0 bridgehead atoms. The average molecular weight is 380 g/mol. The highest BCUT2D eigenvalue weighted by atomic mass is 32.1. The van der Waals surface area contributed by atoms with Gasteiger partial charge in [-0.2, -0.15) is 0 Å². The molecule has 1 aromatic heterocycles. The molecule has 138 valence electrons. The molecule has 2 aromatic carbocycles. The molecule has 0 aliphatic carbocycles. The quantitative estimate of drug-likeness (QED) is 0.704. The van der Waals surface area contributed by atoms with Gasteiger partial charge in [0.1, 0.15) is 5.82 Å². The number of hydrogen-bond acceptors (Lipinski definition) is 3. The van der Waals surface area contributed by atoms with Crippen LogP contribution in [-0.2, 0) is 6.54 Å². The monoisotopic (exact) mass is 380 g/mol. The van der Waals surface area contributed by atoms with Crippen LogP contribution in [0.4, 0.5) is 4.39 Å². The Morgan fingerprint density at radius 2 is 1.89 bits per heavy atom. The van der Waals surface area contributed by atoms with Crippen molar-refractivity contribution in [2.45, 2.75) is 19.0 Å². The summed E-state index contributed by atoms with van der Waals surface area (Å²) in [7, 11) is 0. The normalized spacial score (nSPS) is 17.1. The first kappa shape index (κ1) is 17.9. The Morgan fingerprint density at radius 1 is 1.11 bits per heavy atom. The lowest BCUT2D eigenvalue weighted by Crippen LogP contribution is -2.36. The average Bonchev–Trinajstić information content (AvgIpc) is 3.36. The molecule has 0 unspecified atom stereocenters. The number of rotatable bonds is 5. The number of carbonyl (C=O) groups excluding carboxylic acids is 1. The van der Waals surface area contributed by atoms with Gasteiger partial charge in [0.25, 0.3) is 5.91 Å². The van der Waals surface area contributed by atoms with Crippen molar-refractivity contribution in [2.75, 3.05) is 13.1 Å². The summed E-state index contributed by atoms with van der Waals surface area (Å²) < 4.78 is 13.0. The van der Waals surface area contributed by atoms with Gasteiger partial charge in [0.2, 0.25) is 0 Å². The summed E-state index contributed by atoms with van der Waals surface area (Å²) in [6, 6.07) is 18.6. The van der Waals surface area contributed by atoms with Crippen LogP contribution >= 0.6 is 11.3 Å². The van der Waals surface area contributed by atoms with Crippen LogP contribution in [0.25, 0.3) is 10.4 Å². The van der Waals surface area contributed by atoms with E-state index in [4.69, 9.17) is 0 Å². The Balaban J connectivity index is 1.31. The molecular formula is C22H21FN2OS. The molecule has 1 fully saturated rings. The summed E-state index contributed by atoms with van der Waals surface area (Å²) >= 11 is 1.69. The third kappa shape index (κ3) is 4.43. The Hall–Kier alpha value is -2.50. The molecule has 0 radical (unpaired) electrons. The molecule has 0 spiro atoms. The van der Waals surface area contributed by atoms with Gasteiger partial charge in [-0.05, 0) is 53.3 Å². The molecule has 1 aliphatic rings. The maximum Gasteiger partial charge on any atom is 0.251 e. The molecule has 0 saturated carbocycles. The number of nitrogens with zero attached hydrogens (tertiary/aromatic N) is 1. The molecule has 5 heteroatoms. The molecule has 2 heterocycles. The summed E-state index contributed by atoms with van der Waals surface area (Å²) in [5.41, 5.74) is 2.91. The van der Waals surface area contributed by atoms with Gasteiger partial charge in [-0.15, -0.1) is 11.3 Å². The number of halogens is 1. The highest BCUT2D eigenvalue weighted by Gasteiger charge is 2.24. The van der Waals surface area contributed by atoms with E-state index in [0.29, 0.717) is 5.56 Å². The second-order valence-electron chi connectivity index (χ2n) is 6.88. The smallest absolute Gasteiger partial charge is 0.251 e. The number of nitrogens with one attached hydrogen (secondary N) is 1. The van der Waals surface area contributed by atoms with Crippen molar-refractivity contribution in [1.29, 1.82) is 0 Å². The molecule has 4 rings (SSSR count). The van der Waals surface area contributed by atoms with Crippen molar-refractivity contribution in [3.8, 4) is 10.4 Å².